The van der Waals surface area contributed by atoms with Crippen LogP contribution in [0.4, 0.5) is 4.39 Å². The van der Waals surface area contributed by atoms with Crippen LogP contribution in [0.2, 0.25) is 0 Å². The quantitative estimate of drug-likeness (QED) is 0.562. The van der Waals surface area contributed by atoms with E-state index in [-0.39, 0.29) is 29.1 Å². The molecule has 1 aliphatic carbocycles. The van der Waals surface area contributed by atoms with Crippen LogP contribution in [0.1, 0.15) is 45.7 Å². The van der Waals surface area contributed by atoms with Gasteiger partial charge in [-0.2, -0.15) is 0 Å². The van der Waals surface area contributed by atoms with Crippen molar-refractivity contribution >= 4 is 23.4 Å². The van der Waals surface area contributed by atoms with Gasteiger partial charge in [0.05, 0.1) is 0 Å². The summed E-state index contributed by atoms with van der Waals surface area (Å²) in [4.78, 5) is 28.4. The Labute approximate surface area is 162 Å². The van der Waals surface area contributed by atoms with Crippen molar-refractivity contribution in [1.29, 1.82) is 0 Å². The second-order valence-electron chi connectivity index (χ2n) is 6.61. The first kappa shape index (κ1) is 19.3. The molecule has 0 aliphatic heterocycles. The molecule has 1 aromatic carbocycles. The molecule has 3 rings (SSSR count). The maximum atomic E-state index is 14.3. The lowest BCUT2D eigenvalue weighted by Gasteiger charge is -2.11. The second kappa shape index (κ2) is 8.48. The molecule has 1 saturated carbocycles. The zero-order chi connectivity index (χ0) is 19.4. The van der Waals surface area contributed by atoms with Crippen LogP contribution in [0.25, 0.3) is 11.1 Å². The highest BCUT2D eigenvalue weighted by atomic mass is 35.5. The van der Waals surface area contributed by atoms with Crippen LogP contribution in [-0.4, -0.2) is 35.3 Å². The van der Waals surface area contributed by atoms with Crippen LogP contribution in [0.5, 0.6) is 0 Å². The van der Waals surface area contributed by atoms with Gasteiger partial charge in [0.2, 0.25) is 0 Å². The number of nitrogens with one attached hydrogen (secondary N) is 2. The molecule has 7 heteroatoms. The molecule has 0 atom stereocenters. The van der Waals surface area contributed by atoms with Crippen LogP contribution >= 0.6 is 11.6 Å². The van der Waals surface area contributed by atoms with Crippen LogP contribution < -0.4 is 10.6 Å². The fourth-order valence-electron chi connectivity index (χ4n) is 2.65. The van der Waals surface area contributed by atoms with Gasteiger partial charge in [0, 0.05) is 35.8 Å². The van der Waals surface area contributed by atoms with Crippen molar-refractivity contribution in [3.63, 3.8) is 0 Å². The maximum Gasteiger partial charge on any atom is 0.269 e. The van der Waals surface area contributed by atoms with Crippen molar-refractivity contribution in [2.45, 2.75) is 32.2 Å². The lowest BCUT2D eigenvalue weighted by molar-refractivity contribution is 0.0941. The first-order valence-electron chi connectivity index (χ1n) is 8.91. The lowest BCUT2D eigenvalue weighted by Crippen LogP contribution is -2.25. The lowest BCUT2D eigenvalue weighted by atomic mass is 9.98. The summed E-state index contributed by atoms with van der Waals surface area (Å²) in [5.74, 6) is -0.535. The molecule has 142 valence electrons. The predicted molar refractivity (Wildman–Crippen MR) is 103 cm³/mol. The van der Waals surface area contributed by atoms with E-state index in [4.69, 9.17) is 11.6 Å². The standard InChI is InChI=1S/C20H21ClFN3O2/c1-12-16(9-14(10-17(12)22)19(26)25-15-4-5-15)13-3-6-18(24-11-13)20(27)23-8-2-7-21/h3,6,9-11,15H,2,4-5,7-8H2,1H3,(H,23,27)(H,25,26). The van der Waals surface area contributed by atoms with Crippen molar-refractivity contribution in [3.05, 3.63) is 53.1 Å². The third kappa shape index (κ3) is 4.83. The minimum absolute atomic E-state index is 0.198. The fraction of sp³-hybridized carbons (Fsp3) is 0.350. The van der Waals surface area contributed by atoms with Gasteiger partial charge in [-0.3, -0.25) is 14.6 Å². The average molecular weight is 390 g/mol. The largest absolute Gasteiger partial charge is 0.351 e. The van der Waals surface area contributed by atoms with Crippen molar-refractivity contribution in [3.8, 4) is 11.1 Å². The number of benzene rings is 1. The Hall–Kier alpha value is -2.47. The molecule has 5 nitrogen and oxygen atoms in total. The molecule has 0 unspecified atom stereocenters. The van der Waals surface area contributed by atoms with E-state index in [9.17, 15) is 14.0 Å². The Bertz CT molecular complexity index is 851. The highest BCUT2D eigenvalue weighted by Gasteiger charge is 2.24. The number of amides is 2. The Morgan fingerprint density at radius 2 is 2.04 bits per heavy atom. The molecular formula is C20H21ClFN3O2. The fourth-order valence-corrected chi connectivity index (χ4v) is 2.79. The zero-order valence-electron chi connectivity index (χ0n) is 15.0. The van der Waals surface area contributed by atoms with E-state index >= 15 is 0 Å². The van der Waals surface area contributed by atoms with Crippen LogP contribution in [0, 0.1) is 12.7 Å². The van der Waals surface area contributed by atoms with Gasteiger partial charge in [0.1, 0.15) is 11.5 Å². The van der Waals surface area contributed by atoms with Gasteiger partial charge in [0.15, 0.2) is 0 Å². The van der Waals surface area contributed by atoms with Crippen LogP contribution in [0.3, 0.4) is 0 Å². The van der Waals surface area contributed by atoms with Gasteiger partial charge in [-0.1, -0.05) is 6.07 Å². The van der Waals surface area contributed by atoms with Gasteiger partial charge in [-0.25, -0.2) is 4.39 Å². The van der Waals surface area contributed by atoms with Gasteiger partial charge >= 0.3 is 0 Å². The monoisotopic (exact) mass is 389 g/mol. The number of carbonyl (C=O) groups excluding carboxylic acids is 2. The molecule has 1 heterocycles. The molecule has 1 aromatic heterocycles. The molecule has 0 spiro atoms. The molecule has 2 amide bonds. The number of rotatable bonds is 7. The third-order valence-corrected chi connectivity index (χ3v) is 4.69. The van der Waals surface area contributed by atoms with Gasteiger partial charge in [-0.05, 0) is 55.5 Å². The summed E-state index contributed by atoms with van der Waals surface area (Å²) in [5, 5.41) is 5.59. The number of carbonyl (C=O) groups is 2. The molecule has 27 heavy (non-hydrogen) atoms. The van der Waals surface area contributed by atoms with Gasteiger partial charge < -0.3 is 10.6 Å². The summed E-state index contributed by atoms with van der Waals surface area (Å²) in [6.07, 6.45) is 4.12. The number of alkyl halides is 1. The SMILES string of the molecule is Cc1c(F)cc(C(=O)NC2CC2)cc1-c1ccc(C(=O)NCCCCl)nc1. The second-order valence-corrected chi connectivity index (χ2v) is 6.99. The summed E-state index contributed by atoms with van der Waals surface area (Å²) in [7, 11) is 0. The minimum Gasteiger partial charge on any atom is -0.351 e. The van der Waals surface area contributed by atoms with E-state index in [2.05, 4.69) is 15.6 Å². The molecule has 2 aromatic rings. The summed E-state index contributed by atoms with van der Waals surface area (Å²) in [6.45, 7) is 2.13. The van der Waals surface area contributed by atoms with Crippen molar-refractivity contribution in [1.82, 2.24) is 15.6 Å². The summed E-state index contributed by atoms with van der Waals surface area (Å²) in [5.41, 5.74) is 2.21. The smallest absolute Gasteiger partial charge is 0.269 e. The molecule has 0 saturated heterocycles. The Morgan fingerprint density at radius 3 is 2.67 bits per heavy atom. The van der Waals surface area contributed by atoms with Gasteiger partial charge in [-0.15, -0.1) is 11.6 Å². The normalized spacial score (nSPS) is 13.3. The first-order chi connectivity index (χ1) is 13.0. The molecule has 2 N–H and O–H groups in total. The molecule has 1 aliphatic rings. The minimum atomic E-state index is -0.448. The summed E-state index contributed by atoms with van der Waals surface area (Å²) in [6, 6.07) is 6.40. The van der Waals surface area contributed by atoms with E-state index in [0.717, 1.165) is 12.8 Å². The number of halogens is 2. The summed E-state index contributed by atoms with van der Waals surface area (Å²) >= 11 is 5.59. The number of hydrogen-bond donors (Lipinski definition) is 2. The number of pyridine rings is 1. The van der Waals surface area contributed by atoms with Gasteiger partial charge in [0.25, 0.3) is 11.8 Å². The third-order valence-electron chi connectivity index (χ3n) is 4.42. The van der Waals surface area contributed by atoms with Crippen molar-refractivity contribution in [2.24, 2.45) is 0 Å². The number of aromatic nitrogens is 1. The van der Waals surface area contributed by atoms with Crippen LogP contribution in [0.15, 0.2) is 30.5 Å². The summed E-state index contributed by atoms with van der Waals surface area (Å²) < 4.78 is 14.3. The van der Waals surface area contributed by atoms with E-state index in [1.165, 1.54) is 12.3 Å². The van der Waals surface area contributed by atoms with E-state index in [1.807, 2.05) is 0 Å². The predicted octanol–water partition coefficient (Wildman–Crippen LogP) is 3.45. The van der Waals surface area contributed by atoms with E-state index in [0.29, 0.717) is 35.5 Å². The van der Waals surface area contributed by atoms with Crippen molar-refractivity contribution in [2.75, 3.05) is 12.4 Å². The van der Waals surface area contributed by atoms with E-state index in [1.54, 1.807) is 25.1 Å². The first-order valence-corrected chi connectivity index (χ1v) is 9.44. The number of nitrogens with zero attached hydrogens (tertiary/aromatic N) is 1. The topological polar surface area (TPSA) is 71.1 Å². The average Bonchev–Trinajstić information content (AvgIpc) is 3.48. The molecule has 0 radical (unpaired) electrons. The molecular weight excluding hydrogens is 369 g/mol. The number of hydrogen-bond acceptors (Lipinski definition) is 3. The Kier molecular flexibility index (Phi) is 6.06. The maximum absolute atomic E-state index is 14.3. The van der Waals surface area contributed by atoms with Crippen molar-refractivity contribution < 1.29 is 14.0 Å². The van der Waals surface area contributed by atoms with Crippen LogP contribution in [-0.2, 0) is 0 Å². The van der Waals surface area contributed by atoms with E-state index < -0.39 is 5.82 Å². The Morgan fingerprint density at radius 1 is 1.26 bits per heavy atom. The zero-order valence-corrected chi connectivity index (χ0v) is 15.8. The molecule has 0 bridgehead atoms. The highest BCUT2D eigenvalue weighted by Crippen LogP contribution is 2.27. The Balaban J connectivity index is 1.81. The molecule has 1 fully saturated rings. The highest BCUT2D eigenvalue weighted by molar-refractivity contribution is 6.17.